The van der Waals surface area contributed by atoms with Gasteiger partial charge in [-0.2, -0.15) is 0 Å². The Bertz CT molecular complexity index is 364. The van der Waals surface area contributed by atoms with Crippen molar-refractivity contribution in [1.29, 1.82) is 0 Å². The second-order valence-corrected chi connectivity index (χ2v) is 4.58. The first-order valence-electron chi connectivity index (χ1n) is 5.96. The predicted molar refractivity (Wildman–Crippen MR) is 65.5 cm³/mol. The molecule has 4 nitrogen and oxygen atoms in total. The molecule has 0 amide bonds. The number of aromatic nitrogens is 2. The van der Waals surface area contributed by atoms with Crippen molar-refractivity contribution >= 4 is 5.82 Å². The number of hydrogen-bond acceptors (Lipinski definition) is 4. The molecule has 0 saturated carbocycles. The van der Waals surface area contributed by atoms with E-state index >= 15 is 0 Å². The summed E-state index contributed by atoms with van der Waals surface area (Å²) in [4.78, 5) is 11.3. The number of aryl methyl sites for hydroxylation is 2. The van der Waals surface area contributed by atoms with Crippen LogP contribution >= 0.6 is 0 Å². The normalized spacial score (nSPS) is 20.4. The van der Waals surface area contributed by atoms with Crippen molar-refractivity contribution in [3.8, 4) is 0 Å². The Morgan fingerprint density at radius 1 is 1.44 bits per heavy atom. The Morgan fingerprint density at radius 3 is 2.94 bits per heavy atom. The molecule has 88 valence electrons. The van der Waals surface area contributed by atoms with E-state index in [2.05, 4.69) is 14.9 Å². The summed E-state index contributed by atoms with van der Waals surface area (Å²) < 4.78 is 0. The monoisotopic (exact) mass is 220 g/mol. The first-order valence-corrected chi connectivity index (χ1v) is 5.96. The van der Waals surface area contributed by atoms with Gasteiger partial charge >= 0.3 is 0 Å². The van der Waals surface area contributed by atoms with Gasteiger partial charge in [0.1, 0.15) is 5.82 Å². The molecule has 0 bridgehead atoms. The number of hydrogen-bond donors (Lipinski definition) is 1. The minimum Gasteiger partial charge on any atom is -0.355 e. The third-order valence-corrected chi connectivity index (χ3v) is 3.36. The molecule has 1 aliphatic rings. The Kier molecular flexibility index (Phi) is 3.39. The van der Waals surface area contributed by atoms with E-state index in [4.69, 9.17) is 5.73 Å². The lowest BCUT2D eigenvalue weighted by molar-refractivity contribution is 0.546. The molecule has 0 spiro atoms. The molecule has 2 heterocycles. The maximum absolute atomic E-state index is 5.59. The molecule has 1 aromatic rings. The highest BCUT2D eigenvalue weighted by Gasteiger charge is 2.23. The number of anilines is 1. The highest BCUT2D eigenvalue weighted by atomic mass is 15.2. The molecule has 1 unspecified atom stereocenters. The van der Waals surface area contributed by atoms with Crippen LogP contribution in [0.1, 0.15) is 24.2 Å². The Hall–Kier alpha value is -1.16. The van der Waals surface area contributed by atoms with Crippen molar-refractivity contribution in [2.45, 2.75) is 26.7 Å². The summed E-state index contributed by atoms with van der Waals surface area (Å²) in [7, 11) is 0. The van der Waals surface area contributed by atoms with E-state index in [-0.39, 0.29) is 0 Å². The van der Waals surface area contributed by atoms with E-state index in [0.29, 0.717) is 0 Å². The molecule has 0 aromatic carbocycles. The zero-order valence-corrected chi connectivity index (χ0v) is 10.1. The Balaban J connectivity index is 2.05. The molecule has 2 rings (SSSR count). The van der Waals surface area contributed by atoms with E-state index in [0.717, 1.165) is 49.2 Å². The average Bonchev–Trinajstić information content (AvgIpc) is 2.71. The Morgan fingerprint density at radius 2 is 2.25 bits per heavy atom. The van der Waals surface area contributed by atoms with Crippen molar-refractivity contribution in [2.75, 3.05) is 24.5 Å². The first kappa shape index (κ1) is 11.3. The molecule has 0 radical (unpaired) electrons. The zero-order valence-electron chi connectivity index (χ0n) is 10.1. The van der Waals surface area contributed by atoms with Crippen LogP contribution < -0.4 is 10.6 Å². The largest absolute Gasteiger partial charge is 0.355 e. The fraction of sp³-hybridized carbons (Fsp3) is 0.667. The van der Waals surface area contributed by atoms with E-state index in [9.17, 15) is 0 Å². The van der Waals surface area contributed by atoms with Crippen LogP contribution in [-0.2, 0) is 0 Å². The highest BCUT2D eigenvalue weighted by Crippen LogP contribution is 2.23. The van der Waals surface area contributed by atoms with E-state index in [1.165, 1.54) is 6.42 Å². The van der Waals surface area contributed by atoms with Crippen molar-refractivity contribution in [3.63, 3.8) is 0 Å². The summed E-state index contributed by atoms with van der Waals surface area (Å²) >= 11 is 0. The summed E-state index contributed by atoms with van der Waals surface area (Å²) in [5.74, 6) is 1.75. The van der Waals surface area contributed by atoms with Crippen LogP contribution in [-0.4, -0.2) is 29.6 Å². The van der Waals surface area contributed by atoms with Gasteiger partial charge in [0.2, 0.25) is 0 Å². The van der Waals surface area contributed by atoms with Gasteiger partial charge in [-0.15, -0.1) is 0 Å². The lowest BCUT2D eigenvalue weighted by Crippen LogP contribution is -2.22. The molecule has 1 aromatic heterocycles. The van der Waals surface area contributed by atoms with Gasteiger partial charge in [-0.3, -0.25) is 4.98 Å². The fourth-order valence-electron chi connectivity index (χ4n) is 2.19. The minimum atomic E-state index is 0.730. The van der Waals surface area contributed by atoms with Crippen LogP contribution in [0.3, 0.4) is 0 Å². The van der Waals surface area contributed by atoms with Gasteiger partial charge in [0, 0.05) is 13.1 Å². The molecule has 4 heteroatoms. The molecule has 2 N–H and O–H groups in total. The van der Waals surface area contributed by atoms with Crippen LogP contribution in [0.5, 0.6) is 0 Å². The molecular formula is C12H20N4. The predicted octanol–water partition coefficient (Wildman–Crippen LogP) is 1.27. The second-order valence-electron chi connectivity index (χ2n) is 4.58. The van der Waals surface area contributed by atoms with Gasteiger partial charge < -0.3 is 10.6 Å². The minimum absolute atomic E-state index is 0.730. The van der Waals surface area contributed by atoms with Crippen molar-refractivity contribution < 1.29 is 0 Å². The van der Waals surface area contributed by atoms with Gasteiger partial charge in [-0.25, -0.2) is 4.98 Å². The smallest absolute Gasteiger partial charge is 0.147 e. The van der Waals surface area contributed by atoms with Gasteiger partial charge in [0.25, 0.3) is 0 Å². The summed E-state index contributed by atoms with van der Waals surface area (Å²) in [5.41, 5.74) is 7.63. The number of rotatable bonds is 3. The molecule has 1 atom stereocenters. The summed E-state index contributed by atoms with van der Waals surface area (Å²) in [6.45, 7) is 6.96. The van der Waals surface area contributed by atoms with Gasteiger partial charge in [0.15, 0.2) is 0 Å². The van der Waals surface area contributed by atoms with Crippen LogP contribution in [0.2, 0.25) is 0 Å². The maximum atomic E-state index is 5.59. The average molecular weight is 220 g/mol. The van der Waals surface area contributed by atoms with Gasteiger partial charge in [-0.05, 0) is 39.2 Å². The number of nitrogens with zero attached hydrogens (tertiary/aromatic N) is 3. The molecular weight excluding hydrogens is 200 g/mol. The fourth-order valence-corrected chi connectivity index (χ4v) is 2.19. The first-order chi connectivity index (χ1) is 7.70. The van der Waals surface area contributed by atoms with Crippen LogP contribution in [0.15, 0.2) is 6.20 Å². The quantitative estimate of drug-likeness (QED) is 0.833. The summed E-state index contributed by atoms with van der Waals surface area (Å²) in [6, 6.07) is 0. The lowest BCUT2D eigenvalue weighted by atomic mass is 10.1. The van der Waals surface area contributed by atoms with Crippen molar-refractivity contribution in [3.05, 3.63) is 17.6 Å². The van der Waals surface area contributed by atoms with Crippen LogP contribution in [0.25, 0.3) is 0 Å². The SMILES string of the molecule is Cc1ncc(N2CCC(CCN)C2)nc1C. The van der Waals surface area contributed by atoms with Crippen LogP contribution in [0.4, 0.5) is 5.82 Å². The summed E-state index contributed by atoms with van der Waals surface area (Å²) in [5, 5.41) is 0. The lowest BCUT2D eigenvalue weighted by Gasteiger charge is -2.17. The van der Waals surface area contributed by atoms with E-state index < -0.39 is 0 Å². The second kappa shape index (κ2) is 4.78. The van der Waals surface area contributed by atoms with Crippen LogP contribution in [0, 0.1) is 19.8 Å². The maximum Gasteiger partial charge on any atom is 0.147 e. The van der Waals surface area contributed by atoms with E-state index in [1.54, 1.807) is 0 Å². The molecule has 1 aliphatic heterocycles. The third kappa shape index (κ3) is 2.32. The molecule has 1 saturated heterocycles. The molecule has 16 heavy (non-hydrogen) atoms. The zero-order chi connectivity index (χ0) is 11.5. The topological polar surface area (TPSA) is 55.0 Å². The molecule has 0 aliphatic carbocycles. The van der Waals surface area contributed by atoms with Gasteiger partial charge in [-0.1, -0.05) is 0 Å². The standard InChI is InChI=1S/C12H20N4/c1-9-10(2)15-12(7-14-9)16-6-4-11(8-16)3-5-13/h7,11H,3-6,8,13H2,1-2H3. The van der Waals surface area contributed by atoms with Crippen molar-refractivity contribution in [2.24, 2.45) is 11.7 Å². The summed E-state index contributed by atoms with van der Waals surface area (Å²) in [6.07, 6.45) is 4.23. The van der Waals surface area contributed by atoms with E-state index in [1.807, 2.05) is 20.0 Å². The third-order valence-electron chi connectivity index (χ3n) is 3.36. The van der Waals surface area contributed by atoms with Gasteiger partial charge in [0.05, 0.1) is 17.6 Å². The molecule has 1 fully saturated rings. The highest BCUT2D eigenvalue weighted by molar-refractivity contribution is 5.38. The van der Waals surface area contributed by atoms with Crippen molar-refractivity contribution in [1.82, 2.24) is 9.97 Å². The number of nitrogens with two attached hydrogens (primary N) is 1. The Labute approximate surface area is 96.9 Å².